The lowest BCUT2D eigenvalue weighted by atomic mass is 10.0. The Bertz CT molecular complexity index is 1350. The molecule has 0 N–H and O–H groups in total. The molecule has 0 radical (unpaired) electrons. The monoisotopic (exact) mass is 701 g/mol. The zero-order valence-corrected chi connectivity index (χ0v) is 30.3. The number of piperazine rings is 1. The molecule has 3 fully saturated rings. The number of hydrogen-bond acceptors (Lipinski definition) is 8. The van der Waals surface area contributed by atoms with Crippen LogP contribution in [0.15, 0.2) is 36.4 Å². The number of halogens is 2. The lowest BCUT2D eigenvalue weighted by Gasteiger charge is -2.37. The Balaban J connectivity index is 0.905. The predicted octanol–water partition coefficient (Wildman–Crippen LogP) is 6.50. The van der Waals surface area contributed by atoms with E-state index in [9.17, 15) is 4.79 Å². The van der Waals surface area contributed by atoms with Crippen molar-refractivity contribution in [2.24, 2.45) is 0 Å². The van der Waals surface area contributed by atoms with Gasteiger partial charge in [0.05, 0.1) is 28.0 Å². The summed E-state index contributed by atoms with van der Waals surface area (Å²) in [5, 5.41) is 1.24. The van der Waals surface area contributed by atoms with Crippen LogP contribution < -0.4 is 14.5 Å². The van der Waals surface area contributed by atoms with E-state index in [0.29, 0.717) is 29.1 Å². The minimum atomic E-state index is -0.279. The maximum absolute atomic E-state index is 13.0. The molecule has 9 nitrogen and oxygen atoms in total. The molecule has 2 unspecified atom stereocenters. The molecule has 0 saturated carbocycles. The van der Waals surface area contributed by atoms with Gasteiger partial charge in [-0.2, -0.15) is 0 Å². The van der Waals surface area contributed by atoms with Gasteiger partial charge in [-0.05, 0) is 81.9 Å². The van der Waals surface area contributed by atoms with E-state index in [0.717, 1.165) is 94.3 Å². The van der Waals surface area contributed by atoms with E-state index < -0.39 is 0 Å². The number of hydrogen-bond donors (Lipinski definition) is 0. The molecule has 0 spiro atoms. The Morgan fingerprint density at radius 2 is 1.75 bits per heavy atom. The Hall–Kier alpha value is -2.11. The van der Waals surface area contributed by atoms with Crippen molar-refractivity contribution in [3.8, 4) is 5.75 Å². The van der Waals surface area contributed by atoms with Gasteiger partial charge in [-0.3, -0.25) is 19.5 Å². The molecule has 2 aromatic rings. The molecule has 0 bridgehead atoms. The third-order valence-electron chi connectivity index (χ3n) is 10.4. The average Bonchev–Trinajstić information content (AvgIpc) is 3.89. The van der Waals surface area contributed by atoms with Crippen molar-refractivity contribution in [1.82, 2.24) is 14.7 Å². The first-order valence-corrected chi connectivity index (χ1v) is 18.9. The summed E-state index contributed by atoms with van der Waals surface area (Å²) in [6.07, 6.45) is 7.83. The number of likely N-dealkylation sites (tertiary alicyclic amines) is 1. The molecule has 11 heteroatoms. The smallest absolute Gasteiger partial charge is 0.229 e. The van der Waals surface area contributed by atoms with Gasteiger partial charge in [0.1, 0.15) is 12.5 Å². The Labute approximate surface area is 296 Å². The number of nitrogens with zero attached hydrogens (tertiary/aromatic N) is 5. The number of anilines is 2. The molecule has 4 aliphatic rings. The summed E-state index contributed by atoms with van der Waals surface area (Å²) in [6, 6.07) is 12.6. The Kier molecular flexibility index (Phi) is 12.8. The molecule has 4 heterocycles. The number of epoxide rings is 1. The van der Waals surface area contributed by atoms with Gasteiger partial charge >= 0.3 is 0 Å². The molecular weight excluding hydrogens is 649 g/mol. The van der Waals surface area contributed by atoms with E-state index in [1.807, 2.05) is 30.3 Å². The minimum absolute atomic E-state index is 0.00368. The average molecular weight is 703 g/mol. The third kappa shape index (κ3) is 8.97. The number of piperidine rings is 1. The topological polar surface area (TPSA) is 64.3 Å². The minimum Gasteiger partial charge on any atom is -0.494 e. The molecule has 3 saturated heterocycles. The van der Waals surface area contributed by atoms with Crippen LogP contribution in [0.3, 0.4) is 0 Å². The van der Waals surface area contributed by atoms with Crippen LogP contribution in [0.1, 0.15) is 64.4 Å². The fourth-order valence-electron chi connectivity index (χ4n) is 7.41. The van der Waals surface area contributed by atoms with Crippen LogP contribution in [-0.2, 0) is 20.7 Å². The second-order valence-corrected chi connectivity index (χ2v) is 14.3. The van der Waals surface area contributed by atoms with Crippen molar-refractivity contribution in [2.75, 3.05) is 82.0 Å². The maximum atomic E-state index is 13.0. The summed E-state index contributed by atoms with van der Waals surface area (Å²) in [5.74, 6) is 0.881. The van der Waals surface area contributed by atoms with Gasteiger partial charge in [-0.1, -0.05) is 55.6 Å². The summed E-state index contributed by atoms with van der Waals surface area (Å²) < 4.78 is 18.3. The normalized spacial score (nSPS) is 22.4. The second kappa shape index (κ2) is 17.2. The van der Waals surface area contributed by atoms with Gasteiger partial charge in [-0.15, -0.1) is 0 Å². The highest BCUT2D eigenvalue weighted by Gasteiger charge is 2.46. The van der Waals surface area contributed by atoms with Crippen molar-refractivity contribution < 1.29 is 19.0 Å². The van der Waals surface area contributed by atoms with Crippen LogP contribution in [-0.4, -0.2) is 111 Å². The quantitative estimate of drug-likeness (QED) is 0.145. The molecule has 2 aromatic carbocycles. The molecular formula is C37H53Cl2N5O4. The SMILES string of the molecule is CCCCN(CC)C1CCN(C2OC2OCN2C(=O)CCc3ccc(OCCCCN4CCN(c5cccc(Cl)c5Cl)CC4)cc32)CC1. The van der Waals surface area contributed by atoms with Crippen LogP contribution in [0, 0.1) is 0 Å². The molecule has 2 atom stereocenters. The van der Waals surface area contributed by atoms with Gasteiger partial charge in [0, 0.05) is 57.8 Å². The second-order valence-electron chi connectivity index (χ2n) is 13.5. The molecule has 0 aromatic heterocycles. The van der Waals surface area contributed by atoms with E-state index in [4.69, 9.17) is 37.4 Å². The number of fused-ring (bicyclic) bond motifs is 1. The molecule has 4 aliphatic heterocycles. The van der Waals surface area contributed by atoms with Crippen LogP contribution >= 0.6 is 23.2 Å². The lowest BCUT2D eigenvalue weighted by Crippen LogP contribution is -2.46. The van der Waals surface area contributed by atoms with Crippen LogP contribution in [0.2, 0.25) is 10.0 Å². The largest absolute Gasteiger partial charge is 0.494 e. The first-order valence-electron chi connectivity index (χ1n) is 18.2. The zero-order valence-electron chi connectivity index (χ0n) is 28.8. The van der Waals surface area contributed by atoms with Crippen molar-refractivity contribution in [1.29, 1.82) is 0 Å². The molecule has 0 aliphatic carbocycles. The summed E-state index contributed by atoms with van der Waals surface area (Å²) in [5.41, 5.74) is 3.07. The van der Waals surface area contributed by atoms with E-state index in [1.54, 1.807) is 4.90 Å². The van der Waals surface area contributed by atoms with E-state index in [-0.39, 0.29) is 25.2 Å². The van der Waals surface area contributed by atoms with E-state index in [2.05, 4.69) is 39.5 Å². The van der Waals surface area contributed by atoms with Gasteiger partial charge in [0.25, 0.3) is 0 Å². The molecule has 48 heavy (non-hydrogen) atoms. The van der Waals surface area contributed by atoms with Crippen molar-refractivity contribution in [2.45, 2.75) is 83.8 Å². The highest BCUT2D eigenvalue weighted by Crippen LogP contribution is 2.35. The number of amides is 1. The van der Waals surface area contributed by atoms with Gasteiger partial charge < -0.3 is 24.0 Å². The van der Waals surface area contributed by atoms with Crippen LogP contribution in [0.25, 0.3) is 0 Å². The number of carbonyl (C=O) groups excluding carboxylic acids is 1. The number of rotatable bonds is 16. The van der Waals surface area contributed by atoms with E-state index >= 15 is 0 Å². The van der Waals surface area contributed by atoms with Crippen molar-refractivity contribution >= 4 is 40.5 Å². The number of aryl methyl sites for hydroxylation is 1. The van der Waals surface area contributed by atoms with Gasteiger partial charge in [0.15, 0.2) is 6.23 Å². The van der Waals surface area contributed by atoms with Crippen molar-refractivity contribution in [3.05, 3.63) is 52.0 Å². The molecule has 1 amide bonds. The standard InChI is InChI=1S/C37H53Cl2N5O4/c1-3-5-18-41(4-2)29-15-19-43(20-16-29)36-37(48-36)47-27-44-33-26-30(13-11-28(33)12-14-34(44)45)46-25-7-6-17-40-21-23-42(24-22-40)32-10-8-9-31(38)35(32)39/h8-11,13,26,29,36-37H,3-7,12,14-25,27H2,1-2H3. The molecule has 264 valence electrons. The summed E-state index contributed by atoms with van der Waals surface area (Å²) in [6.45, 7) is 14.7. The fraction of sp³-hybridized carbons (Fsp3) is 0.649. The zero-order chi connectivity index (χ0) is 33.5. The Morgan fingerprint density at radius 1 is 0.938 bits per heavy atom. The number of ether oxygens (including phenoxy) is 3. The van der Waals surface area contributed by atoms with Gasteiger partial charge in [0.2, 0.25) is 12.2 Å². The first kappa shape index (κ1) is 35.7. The number of unbranched alkanes of at least 4 members (excludes halogenated alkanes) is 2. The van der Waals surface area contributed by atoms with Crippen LogP contribution in [0.5, 0.6) is 5.75 Å². The van der Waals surface area contributed by atoms with Crippen molar-refractivity contribution in [3.63, 3.8) is 0 Å². The number of carbonyl (C=O) groups is 1. The predicted molar refractivity (Wildman–Crippen MR) is 193 cm³/mol. The number of benzene rings is 2. The summed E-state index contributed by atoms with van der Waals surface area (Å²) in [7, 11) is 0. The first-order chi connectivity index (χ1) is 23.4. The highest BCUT2D eigenvalue weighted by atomic mass is 35.5. The van der Waals surface area contributed by atoms with Gasteiger partial charge in [-0.25, -0.2) is 0 Å². The molecule has 6 rings (SSSR count). The van der Waals surface area contributed by atoms with E-state index in [1.165, 1.54) is 32.2 Å². The maximum Gasteiger partial charge on any atom is 0.229 e. The highest BCUT2D eigenvalue weighted by molar-refractivity contribution is 6.43. The van der Waals surface area contributed by atoms with Crippen LogP contribution in [0.4, 0.5) is 11.4 Å². The summed E-state index contributed by atoms with van der Waals surface area (Å²) >= 11 is 12.7. The third-order valence-corrected chi connectivity index (χ3v) is 11.2. The Morgan fingerprint density at radius 3 is 2.52 bits per heavy atom. The lowest BCUT2D eigenvalue weighted by molar-refractivity contribution is -0.120. The fourth-order valence-corrected chi connectivity index (χ4v) is 7.83. The summed E-state index contributed by atoms with van der Waals surface area (Å²) in [4.78, 5) is 24.6.